The highest BCUT2D eigenvalue weighted by atomic mass is 16.5. The number of benzene rings is 1. The molecule has 4 heteroatoms. The summed E-state index contributed by atoms with van der Waals surface area (Å²) in [4.78, 5) is 11.5. The van der Waals surface area contributed by atoms with Crippen molar-refractivity contribution >= 4 is 5.97 Å². The highest BCUT2D eigenvalue weighted by molar-refractivity contribution is 5.79. The summed E-state index contributed by atoms with van der Waals surface area (Å²) in [5.41, 5.74) is 6.37. The van der Waals surface area contributed by atoms with E-state index in [-0.39, 0.29) is 12.5 Å². The maximum absolute atomic E-state index is 11.5. The molecule has 1 unspecified atom stereocenters. The average molecular weight is 223 g/mol. The lowest BCUT2D eigenvalue weighted by Crippen LogP contribution is -2.23. The fourth-order valence-corrected chi connectivity index (χ4v) is 1.55. The van der Waals surface area contributed by atoms with Gasteiger partial charge < -0.3 is 15.2 Å². The molecule has 0 spiro atoms. The van der Waals surface area contributed by atoms with Crippen LogP contribution >= 0.6 is 0 Å². The van der Waals surface area contributed by atoms with Crippen LogP contribution in [-0.2, 0) is 9.53 Å². The molecular formula is C12H17NO3. The number of nitrogens with two attached hydrogens (primary N) is 1. The van der Waals surface area contributed by atoms with Crippen molar-refractivity contribution in [3.8, 4) is 5.75 Å². The van der Waals surface area contributed by atoms with Gasteiger partial charge in [0.1, 0.15) is 5.75 Å². The minimum absolute atomic E-state index is 0.205. The number of rotatable bonds is 5. The van der Waals surface area contributed by atoms with Crippen LogP contribution in [-0.4, -0.2) is 26.2 Å². The van der Waals surface area contributed by atoms with Crippen molar-refractivity contribution in [1.82, 2.24) is 0 Å². The molecule has 0 fully saturated rings. The lowest BCUT2D eigenvalue weighted by molar-refractivity contribution is -0.142. The zero-order valence-electron chi connectivity index (χ0n) is 9.60. The van der Waals surface area contributed by atoms with Crippen LogP contribution in [0, 0.1) is 0 Å². The third kappa shape index (κ3) is 2.73. The Balaban J connectivity index is 3.03. The monoisotopic (exact) mass is 223 g/mol. The Bertz CT molecular complexity index is 352. The van der Waals surface area contributed by atoms with Crippen molar-refractivity contribution in [2.45, 2.75) is 12.8 Å². The Morgan fingerprint density at radius 2 is 2.12 bits per heavy atom. The molecule has 1 aromatic rings. The standard InChI is InChI=1S/C12H17NO3/c1-3-16-11-7-5-4-6-9(11)10(8-13)12(14)15-2/h4-7,10H,3,8,13H2,1-2H3. The highest BCUT2D eigenvalue weighted by Crippen LogP contribution is 2.26. The summed E-state index contributed by atoms with van der Waals surface area (Å²) in [5.74, 6) is -0.117. The van der Waals surface area contributed by atoms with Gasteiger partial charge in [-0.05, 0) is 13.0 Å². The Kier molecular flexibility index (Phi) is 4.79. The van der Waals surface area contributed by atoms with Gasteiger partial charge in [0.25, 0.3) is 0 Å². The fraction of sp³-hybridized carbons (Fsp3) is 0.417. The Morgan fingerprint density at radius 1 is 1.44 bits per heavy atom. The molecule has 16 heavy (non-hydrogen) atoms. The van der Waals surface area contributed by atoms with E-state index < -0.39 is 5.92 Å². The van der Waals surface area contributed by atoms with Gasteiger partial charge in [-0.15, -0.1) is 0 Å². The van der Waals surface area contributed by atoms with Gasteiger partial charge in [0.05, 0.1) is 19.6 Å². The van der Waals surface area contributed by atoms with E-state index in [1.807, 2.05) is 31.2 Å². The van der Waals surface area contributed by atoms with E-state index in [2.05, 4.69) is 0 Å². The third-order valence-electron chi connectivity index (χ3n) is 2.32. The molecule has 1 atom stereocenters. The number of hydrogen-bond donors (Lipinski definition) is 1. The van der Waals surface area contributed by atoms with Crippen molar-refractivity contribution in [3.63, 3.8) is 0 Å². The van der Waals surface area contributed by atoms with E-state index in [4.69, 9.17) is 15.2 Å². The molecule has 0 heterocycles. The minimum atomic E-state index is -0.465. The molecule has 0 saturated heterocycles. The molecular weight excluding hydrogens is 206 g/mol. The van der Waals surface area contributed by atoms with Crippen molar-refractivity contribution in [2.75, 3.05) is 20.3 Å². The van der Waals surface area contributed by atoms with Gasteiger partial charge in [-0.1, -0.05) is 18.2 Å². The van der Waals surface area contributed by atoms with Crippen molar-refractivity contribution in [2.24, 2.45) is 5.73 Å². The molecule has 0 bridgehead atoms. The van der Waals surface area contributed by atoms with Gasteiger partial charge in [-0.2, -0.15) is 0 Å². The van der Waals surface area contributed by atoms with Gasteiger partial charge in [0.2, 0.25) is 0 Å². The molecule has 0 aliphatic heterocycles. The second-order valence-electron chi connectivity index (χ2n) is 3.28. The van der Waals surface area contributed by atoms with Crippen LogP contribution in [0.25, 0.3) is 0 Å². The maximum Gasteiger partial charge on any atom is 0.314 e. The summed E-state index contributed by atoms with van der Waals surface area (Å²) in [5, 5.41) is 0. The first-order valence-corrected chi connectivity index (χ1v) is 5.24. The minimum Gasteiger partial charge on any atom is -0.494 e. The number of esters is 1. The molecule has 0 aliphatic rings. The number of hydrogen-bond acceptors (Lipinski definition) is 4. The van der Waals surface area contributed by atoms with Gasteiger partial charge in [0.15, 0.2) is 0 Å². The lowest BCUT2D eigenvalue weighted by Gasteiger charge is -2.16. The zero-order valence-corrected chi connectivity index (χ0v) is 9.60. The molecule has 2 N–H and O–H groups in total. The smallest absolute Gasteiger partial charge is 0.314 e. The summed E-state index contributed by atoms with van der Waals surface area (Å²) in [6.07, 6.45) is 0. The number of ether oxygens (including phenoxy) is 2. The normalized spacial score (nSPS) is 11.9. The van der Waals surface area contributed by atoms with E-state index in [1.54, 1.807) is 0 Å². The number of methoxy groups -OCH3 is 1. The van der Waals surface area contributed by atoms with Crippen LogP contribution in [0.3, 0.4) is 0 Å². The third-order valence-corrected chi connectivity index (χ3v) is 2.32. The molecule has 1 rings (SSSR count). The molecule has 0 radical (unpaired) electrons. The van der Waals surface area contributed by atoms with Crippen LogP contribution in [0.4, 0.5) is 0 Å². The average Bonchev–Trinajstić information content (AvgIpc) is 2.32. The lowest BCUT2D eigenvalue weighted by atomic mass is 9.98. The van der Waals surface area contributed by atoms with Crippen LogP contribution in [0.2, 0.25) is 0 Å². The summed E-state index contributed by atoms with van der Waals surface area (Å²) in [7, 11) is 1.36. The number of carbonyl (C=O) groups is 1. The van der Waals surface area contributed by atoms with Crippen molar-refractivity contribution in [3.05, 3.63) is 29.8 Å². The first-order valence-electron chi connectivity index (χ1n) is 5.24. The van der Waals surface area contributed by atoms with Gasteiger partial charge >= 0.3 is 5.97 Å². The Morgan fingerprint density at radius 3 is 2.69 bits per heavy atom. The Labute approximate surface area is 95.3 Å². The van der Waals surface area contributed by atoms with E-state index in [1.165, 1.54) is 7.11 Å². The van der Waals surface area contributed by atoms with E-state index >= 15 is 0 Å². The van der Waals surface area contributed by atoms with Crippen LogP contribution < -0.4 is 10.5 Å². The van der Waals surface area contributed by atoms with E-state index in [0.717, 1.165) is 5.56 Å². The molecule has 0 saturated carbocycles. The first kappa shape index (κ1) is 12.5. The second-order valence-corrected chi connectivity index (χ2v) is 3.28. The van der Waals surface area contributed by atoms with Gasteiger partial charge in [0, 0.05) is 12.1 Å². The summed E-state index contributed by atoms with van der Waals surface area (Å²) < 4.78 is 10.2. The number of para-hydroxylation sites is 1. The summed E-state index contributed by atoms with van der Waals surface area (Å²) >= 11 is 0. The summed E-state index contributed by atoms with van der Waals surface area (Å²) in [6, 6.07) is 7.37. The molecule has 1 aromatic carbocycles. The van der Waals surface area contributed by atoms with Gasteiger partial charge in [-0.25, -0.2) is 0 Å². The molecule has 0 aromatic heterocycles. The predicted octanol–water partition coefficient (Wildman–Crippen LogP) is 1.30. The van der Waals surface area contributed by atoms with Gasteiger partial charge in [-0.3, -0.25) is 4.79 Å². The Hall–Kier alpha value is -1.55. The van der Waals surface area contributed by atoms with E-state index in [0.29, 0.717) is 12.4 Å². The molecule has 0 aliphatic carbocycles. The second kappa shape index (κ2) is 6.12. The quantitative estimate of drug-likeness (QED) is 0.764. The largest absolute Gasteiger partial charge is 0.494 e. The van der Waals surface area contributed by atoms with Crippen LogP contribution in [0.15, 0.2) is 24.3 Å². The first-order chi connectivity index (χ1) is 7.74. The topological polar surface area (TPSA) is 61.5 Å². The highest BCUT2D eigenvalue weighted by Gasteiger charge is 2.22. The SMILES string of the molecule is CCOc1ccccc1C(CN)C(=O)OC. The van der Waals surface area contributed by atoms with Crippen molar-refractivity contribution < 1.29 is 14.3 Å². The maximum atomic E-state index is 11.5. The van der Waals surface area contributed by atoms with E-state index in [9.17, 15) is 4.79 Å². The van der Waals surface area contributed by atoms with Crippen LogP contribution in [0.5, 0.6) is 5.75 Å². The number of carbonyl (C=O) groups excluding carboxylic acids is 1. The summed E-state index contributed by atoms with van der Waals surface area (Å²) in [6.45, 7) is 2.65. The molecule has 0 amide bonds. The van der Waals surface area contributed by atoms with Crippen molar-refractivity contribution in [1.29, 1.82) is 0 Å². The zero-order chi connectivity index (χ0) is 12.0. The van der Waals surface area contributed by atoms with Crippen LogP contribution in [0.1, 0.15) is 18.4 Å². The molecule has 88 valence electrons. The molecule has 4 nitrogen and oxygen atoms in total. The predicted molar refractivity (Wildman–Crippen MR) is 61.4 cm³/mol. The fourth-order valence-electron chi connectivity index (χ4n) is 1.55.